The van der Waals surface area contributed by atoms with E-state index in [4.69, 9.17) is 11.0 Å². The van der Waals surface area contributed by atoms with Crippen LogP contribution in [0.25, 0.3) is 0 Å². The summed E-state index contributed by atoms with van der Waals surface area (Å²) in [5.41, 5.74) is 6.46. The highest BCUT2D eigenvalue weighted by Gasteiger charge is 2.19. The molecule has 1 amide bonds. The molecular formula is C13H18N4O. The van der Waals surface area contributed by atoms with Crippen LogP contribution in [0.15, 0.2) is 24.5 Å². The third-order valence-corrected chi connectivity index (χ3v) is 2.68. The molecule has 1 heterocycles. The molecule has 96 valence electrons. The zero-order valence-electron chi connectivity index (χ0n) is 10.5. The fraction of sp³-hybridized carbons (Fsp3) is 0.462. The minimum absolute atomic E-state index is 0.0170. The van der Waals surface area contributed by atoms with Crippen molar-refractivity contribution in [2.75, 3.05) is 13.1 Å². The van der Waals surface area contributed by atoms with Crippen molar-refractivity contribution in [1.29, 1.82) is 5.26 Å². The molecule has 0 saturated heterocycles. The SMILES string of the molecule is CC(CN)C(=O)N(CCC#N)Cc1cccnc1. The lowest BCUT2D eigenvalue weighted by molar-refractivity contribution is -0.135. The largest absolute Gasteiger partial charge is 0.337 e. The first-order chi connectivity index (χ1) is 8.69. The number of amides is 1. The average molecular weight is 246 g/mol. The van der Waals surface area contributed by atoms with E-state index in [9.17, 15) is 4.79 Å². The molecule has 0 aliphatic carbocycles. The number of rotatable bonds is 6. The highest BCUT2D eigenvalue weighted by Crippen LogP contribution is 2.08. The third-order valence-electron chi connectivity index (χ3n) is 2.68. The summed E-state index contributed by atoms with van der Waals surface area (Å²) in [6, 6.07) is 5.79. The molecule has 0 saturated carbocycles. The second-order valence-corrected chi connectivity index (χ2v) is 4.17. The normalized spacial score (nSPS) is 11.6. The van der Waals surface area contributed by atoms with Gasteiger partial charge in [0.25, 0.3) is 0 Å². The van der Waals surface area contributed by atoms with Gasteiger partial charge in [-0.3, -0.25) is 9.78 Å². The van der Waals surface area contributed by atoms with Gasteiger partial charge in [-0.1, -0.05) is 13.0 Å². The van der Waals surface area contributed by atoms with Crippen molar-refractivity contribution >= 4 is 5.91 Å². The molecule has 1 unspecified atom stereocenters. The number of aromatic nitrogens is 1. The number of nitriles is 1. The fourth-order valence-electron chi connectivity index (χ4n) is 1.58. The molecule has 0 radical (unpaired) electrons. The average Bonchev–Trinajstić information content (AvgIpc) is 2.42. The Bertz CT molecular complexity index is 413. The van der Waals surface area contributed by atoms with E-state index in [-0.39, 0.29) is 11.8 Å². The minimum atomic E-state index is -0.222. The van der Waals surface area contributed by atoms with Crippen LogP contribution in [0.2, 0.25) is 0 Å². The Morgan fingerprint density at radius 2 is 2.44 bits per heavy atom. The number of carbonyl (C=O) groups is 1. The van der Waals surface area contributed by atoms with Gasteiger partial charge in [-0.15, -0.1) is 0 Å². The molecule has 0 bridgehead atoms. The van der Waals surface area contributed by atoms with Crippen LogP contribution in [0, 0.1) is 17.2 Å². The van der Waals surface area contributed by atoms with Gasteiger partial charge in [-0.05, 0) is 11.6 Å². The number of carbonyl (C=O) groups excluding carboxylic acids is 1. The van der Waals surface area contributed by atoms with E-state index in [1.807, 2.05) is 12.1 Å². The maximum absolute atomic E-state index is 12.1. The molecule has 0 aromatic carbocycles. The Morgan fingerprint density at radius 3 is 3.00 bits per heavy atom. The molecule has 18 heavy (non-hydrogen) atoms. The van der Waals surface area contributed by atoms with E-state index >= 15 is 0 Å². The summed E-state index contributed by atoms with van der Waals surface area (Å²) in [7, 11) is 0. The zero-order valence-corrected chi connectivity index (χ0v) is 10.5. The van der Waals surface area contributed by atoms with Crippen molar-refractivity contribution in [2.45, 2.75) is 19.9 Å². The van der Waals surface area contributed by atoms with Crippen molar-refractivity contribution < 1.29 is 4.79 Å². The highest BCUT2D eigenvalue weighted by atomic mass is 16.2. The maximum atomic E-state index is 12.1. The molecule has 5 heteroatoms. The van der Waals surface area contributed by atoms with E-state index in [1.54, 1.807) is 24.2 Å². The summed E-state index contributed by atoms with van der Waals surface area (Å²) in [6.45, 7) is 3.01. The van der Waals surface area contributed by atoms with Crippen LogP contribution in [0.3, 0.4) is 0 Å². The monoisotopic (exact) mass is 246 g/mol. The molecule has 1 aromatic rings. The third kappa shape index (κ3) is 4.15. The summed E-state index contributed by atoms with van der Waals surface area (Å²) in [5, 5.41) is 8.63. The number of pyridine rings is 1. The van der Waals surface area contributed by atoms with Gasteiger partial charge in [0.15, 0.2) is 0 Å². The Morgan fingerprint density at radius 1 is 1.67 bits per heavy atom. The summed E-state index contributed by atoms with van der Waals surface area (Å²) >= 11 is 0. The van der Waals surface area contributed by atoms with E-state index in [2.05, 4.69) is 11.1 Å². The summed E-state index contributed by atoms with van der Waals surface area (Å²) < 4.78 is 0. The number of hydrogen-bond donors (Lipinski definition) is 1. The van der Waals surface area contributed by atoms with Crippen LogP contribution in [0.4, 0.5) is 0 Å². The molecule has 0 spiro atoms. The molecule has 2 N–H and O–H groups in total. The highest BCUT2D eigenvalue weighted by molar-refractivity contribution is 5.78. The lowest BCUT2D eigenvalue weighted by Gasteiger charge is -2.24. The van der Waals surface area contributed by atoms with Gasteiger partial charge in [-0.2, -0.15) is 5.26 Å². The predicted molar refractivity (Wildman–Crippen MR) is 68.1 cm³/mol. The summed E-state index contributed by atoms with van der Waals surface area (Å²) in [6.07, 6.45) is 3.73. The second-order valence-electron chi connectivity index (χ2n) is 4.17. The van der Waals surface area contributed by atoms with Gasteiger partial charge in [-0.25, -0.2) is 0 Å². The van der Waals surface area contributed by atoms with Crippen LogP contribution in [-0.4, -0.2) is 28.9 Å². The Kier molecular flexibility index (Phi) is 5.81. The van der Waals surface area contributed by atoms with Gasteiger partial charge in [0.1, 0.15) is 0 Å². The zero-order chi connectivity index (χ0) is 13.4. The Hall–Kier alpha value is -1.93. The quantitative estimate of drug-likeness (QED) is 0.809. The molecule has 1 aromatic heterocycles. The summed E-state index contributed by atoms with van der Waals surface area (Å²) in [4.78, 5) is 17.8. The molecule has 0 fully saturated rings. The lowest BCUT2D eigenvalue weighted by Crippen LogP contribution is -2.38. The molecular weight excluding hydrogens is 228 g/mol. The van der Waals surface area contributed by atoms with Crippen LogP contribution in [-0.2, 0) is 11.3 Å². The first kappa shape index (κ1) is 14.1. The van der Waals surface area contributed by atoms with Crippen molar-refractivity contribution in [2.24, 2.45) is 11.7 Å². The van der Waals surface area contributed by atoms with Crippen molar-refractivity contribution in [1.82, 2.24) is 9.88 Å². The molecule has 0 aliphatic rings. The molecule has 1 rings (SSSR count). The van der Waals surface area contributed by atoms with Gasteiger partial charge >= 0.3 is 0 Å². The molecule has 5 nitrogen and oxygen atoms in total. The minimum Gasteiger partial charge on any atom is -0.337 e. The first-order valence-electron chi connectivity index (χ1n) is 5.93. The number of nitrogens with zero attached hydrogens (tertiary/aromatic N) is 3. The van der Waals surface area contributed by atoms with Crippen LogP contribution < -0.4 is 5.73 Å². The maximum Gasteiger partial charge on any atom is 0.227 e. The van der Waals surface area contributed by atoms with Crippen LogP contribution in [0.1, 0.15) is 18.9 Å². The molecule has 1 atom stereocenters. The van der Waals surface area contributed by atoms with E-state index in [0.29, 0.717) is 26.1 Å². The predicted octanol–water partition coefficient (Wildman–Crippen LogP) is 0.919. The van der Waals surface area contributed by atoms with Gasteiger partial charge < -0.3 is 10.6 Å². The fourth-order valence-corrected chi connectivity index (χ4v) is 1.58. The Labute approximate surface area is 107 Å². The van der Waals surface area contributed by atoms with Crippen LogP contribution in [0.5, 0.6) is 0 Å². The molecule has 0 aliphatic heterocycles. The van der Waals surface area contributed by atoms with Gasteiger partial charge in [0, 0.05) is 37.9 Å². The first-order valence-corrected chi connectivity index (χ1v) is 5.93. The van der Waals surface area contributed by atoms with E-state index in [0.717, 1.165) is 5.56 Å². The smallest absolute Gasteiger partial charge is 0.227 e. The van der Waals surface area contributed by atoms with E-state index < -0.39 is 0 Å². The lowest BCUT2D eigenvalue weighted by atomic mass is 10.1. The van der Waals surface area contributed by atoms with Gasteiger partial charge in [0.05, 0.1) is 12.5 Å². The number of nitrogens with two attached hydrogens (primary N) is 1. The Balaban J connectivity index is 2.72. The van der Waals surface area contributed by atoms with Crippen molar-refractivity contribution in [3.8, 4) is 6.07 Å². The standard InChI is InChI=1S/C13H18N4O/c1-11(8-15)13(18)17(7-3-5-14)10-12-4-2-6-16-9-12/h2,4,6,9,11H,3,7-8,10,15H2,1H3. The second kappa shape index (κ2) is 7.41. The van der Waals surface area contributed by atoms with Gasteiger partial charge in [0.2, 0.25) is 5.91 Å². The van der Waals surface area contributed by atoms with E-state index in [1.165, 1.54) is 0 Å². The van der Waals surface area contributed by atoms with Crippen molar-refractivity contribution in [3.63, 3.8) is 0 Å². The topological polar surface area (TPSA) is 83.0 Å². The van der Waals surface area contributed by atoms with Crippen molar-refractivity contribution in [3.05, 3.63) is 30.1 Å². The summed E-state index contributed by atoms with van der Waals surface area (Å²) in [5.74, 6) is -0.239. The van der Waals surface area contributed by atoms with Crippen LogP contribution >= 0.6 is 0 Å². The number of hydrogen-bond acceptors (Lipinski definition) is 4.